The van der Waals surface area contributed by atoms with E-state index in [4.69, 9.17) is 15.2 Å². The number of nitrogens with zero attached hydrogens (tertiary/aromatic N) is 1. The first-order chi connectivity index (χ1) is 11.7. The topological polar surface area (TPSA) is 93.9 Å². The van der Waals surface area contributed by atoms with Gasteiger partial charge in [0.1, 0.15) is 11.4 Å². The minimum absolute atomic E-state index is 0.00144. The maximum Gasteiger partial charge on any atom is 0.407 e. The van der Waals surface area contributed by atoms with Crippen molar-refractivity contribution in [1.29, 1.82) is 0 Å². The van der Waals surface area contributed by atoms with Gasteiger partial charge in [-0.15, -0.1) is 0 Å². The molecule has 7 nitrogen and oxygen atoms in total. The summed E-state index contributed by atoms with van der Waals surface area (Å²) in [7, 11) is 1.52. The summed E-state index contributed by atoms with van der Waals surface area (Å²) in [6.07, 6.45) is 0.929. The van der Waals surface area contributed by atoms with Crippen LogP contribution in [-0.4, -0.2) is 48.7 Å². The summed E-state index contributed by atoms with van der Waals surface area (Å²) in [5, 5.41) is 2.86. The second-order valence-electron chi connectivity index (χ2n) is 7.13. The van der Waals surface area contributed by atoms with Gasteiger partial charge < -0.3 is 25.4 Å². The van der Waals surface area contributed by atoms with Crippen LogP contribution in [0.5, 0.6) is 5.75 Å². The Morgan fingerprint density at radius 2 is 1.88 bits per heavy atom. The molecule has 7 heteroatoms. The molecule has 0 bridgehead atoms. The van der Waals surface area contributed by atoms with E-state index in [1.807, 2.05) is 20.8 Å². The molecule has 1 aromatic rings. The van der Waals surface area contributed by atoms with E-state index in [1.165, 1.54) is 7.11 Å². The average molecular weight is 349 g/mol. The van der Waals surface area contributed by atoms with E-state index in [9.17, 15) is 9.59 Å². The summed E-state index contributed by atoms with van der Waals surface area (Å²) in [6.45, 7) is 6.58. The Morgan fingerprint density at radius 1 is 1.24 bits per heavy atom. The fourth-order valence-corrected chi connectivity index (χ4v) is 2.78. The number of methoxy groups -OCH3 is 1. The van der Waals surface area contributed by atoms with Crippen molar-refractivity contribution in [2.24, 2.45) is 0 Å². The molecule has 2 rings (SSSR count). The molecule has 3 N–H and O–H groups in total. The molecule has 1 heterocycles. The van der Waals surface area contributed by atoms with Crippen molar-refractivity contribution >= 4 is 17.7 Å². The van der Waals surface area contributed by atoms with E-state index in [-0.39, 0.29) is 11.9 Å². The number of rotatable bonds is 3. The molecular formula is C18H27N3O4. The number of hydrogen-bond donors (Lipinski definition) is 2. The number of hydrogen-bond acceptors (Lipinski definition) is 5. The number of alkyl carbamates (subject to hydrolysis) is 1. The van der Waals surface area contributed by atoms with E-state index >= 15 is 0 Å². The molecule has 1 aliphatic heterocycles. The van der Waals surface area contributed by atoms with Crippen molar-refractivity contribution in [3.63, 3.8) is 0 Å². The standard InChI is InChI=1S/C18H27N3O4/c1-18(2,3)25-17(23)20-12-8-10-21(11-9-12)16(22)13-6-5-7-14(24-4)15(13)19/h5-7,12H,8-11,19H2,1-4H3,(H,20,23). The van der Waals surface area contributed by atoms with Crippen molar-refractivity contribution in [2.75, 3.05) is 25.9 Å². The van der Waals surface area contributed by atoms with E-state index in [0.717, 1.165) is 0 Å². The number of nitrogen functional groups attached to an aromatic ring is 1. The minimum Gasteiger partial charge on any atom is -0.495 e. The molecule has 1 aromatic carbocycles. The maximum atomic E-state index is 12.7. The van der Waals surface area contributed by atoms with Crippen LogP contribution in [0.25, 0.3) is 0 Å². The number of likely N-dealkylation sites (tertiary alicyclic amines) is 1. The predicted molar refractivity (Wildman–Crippen MR) is 95.7 cm³/mol. The molecule has 25 heavy (non-hydrogen) atoms. The Morgan fingerprint density at radius 3 is 2.44 bits per heavy atom. The van der Waals surface area contributed by atoms with Gasteiger partial charge in [-0.05, 0) is 45.7 Å². The third-order valence-electron chi connectivity index (χ3n) is 4.02. The van der Waals surface area contributed by atoms with Gasteiger partial charge in [0.15, 0.2) is 0 Å². The molecule has 0 radical (unpaired) electrons. The highest BCUT2D eigenvalue weighted by Crippen LogP contribution is 2.26. The van der Waals surface area contributed by atoms with Gasteiger partial charge in [-0.3, -0.25) is 4.79 Å². The van der Waals surface area contributed by atoms with Crippen molar-refractivity contribution < 1.29 is 19.1 Å². The Hall–Kier alpha value is -2.44. The second kappa shape index (κ2) is 7.63. The molecule has 1 saturated heterocycles. The maximum absolute atomic E-state index is 12.7. The molecule has 0 aromatic heterocycles. The zero-order valence-electron chi connectivity index (χ0n) is 15.3. The summed E-state index contributed by atoms with van der Waals surface area (Å²) in [5.74, 6) is 0.374. The summed E-state index contributed by atoms with van der Waals surface area (Å²) in [4.78, 5) is 26.3. The highest BCUT2D eigenvalue weighted by atomic mass is 16.6. The number of para-hydroxylation sites is 1. The van der Waals surface area contributed by atoms with Gasteiger partial charge in [0.25, 0.3) is 5.91 Å². The molecule has 0 spiro atoms. The molecule has 0 saturated carbocycles. The second-order valence-corrected chi connectivity index (χ2v) is 7.13. The van der Waals surface area contributed by atoms with Crippen LogP contribution in [0, 0.1) is 0 Å². The first kappa shape index (κ1) is 18.9. The lowest BCUT2D eigenvalue weighted by Crippen LogP contribution is -2.47. The van der Waals surface area contributed by atoms with Gasteiger partial charge in [0.2, 0.25) is 0 Å². The van der Waals surface area contributed by atoms with Crippen LogP contribution < -0.4 is 15.8 Å². The zero-order valence-corrected chi connectivity index (χ0v) is 15.3. The third-order valence-corrected chi connectivity index (χ3v) is 4.02. The van der Waals surface area contributed by atoms with Gasteiger partial charge in [-0.25, -0.2) is 4.79 Å². The summed E-state index contributed by atoms with van der Waals surface area (Å²) < 4.78 is 10.4. The number of anilines is 1. The lowest BCUT2D eigenvalue weighted by atomic mass is 10.0. The first-order valence-electron chi connectivity index (χ1n) is 8.42. The molecule has 138 valence electrons. The van der Waals surface area contributed by atoms with Crippen molar-refractivity contribution in [2.45, 2.75) is 45.3 Å². The van der Waals surface area contributed by atoms with Crippen molar-refractivity contribution in [1.82, 2.24) is 10.2 Å². The third kappa shape index (κ3) is 5.01. The van der Waals surface area contributed by atoms with Crippen LogP contribution in [0.3, 0.4) is 0 Å². The van der Waals surface area contributed by atoms with Gasteiger partial charge in [-0.2, -0.15) is 0 Å². The Balaban J connectivity index is 1.92. The quantitative estimate of drug-likeness (QED) is 0.817. The summed E-state index contributed by atoms with van der Waals surface area (Å²) in [6, 6.07) is 5.18. The molecular weight excluding hydrogens is 322 g/mol. The average Bonchev–Trinajstić information content (AvgIpc) is 2.53. The molecule has 0 unspecified atom stereocenters. The van der Waals surface area contributed by atoms with Crippen LogP contribution in [0.1, 0.15) is 44.0 Å². The lowest BCUT2D eigenvalue weighted by molar-refractivity contribution is 0.0473. The number of carbonyl (C=O) groups excluding carboxylic acids is 2. The van der Waals surface area contributed by atoms with Crippen LogP contribution in [0.2, 0.25) is 0 Å². The zero-order chi connectivity index (χ0) is 18.6. The van der Waals surface area contributed by atoms with Crippen LogP contribution in [0.15, 0.2) is 18.2 Å². The Kier molecular flexibility index (Phi) is 5.77. The Labute approximate surface area is 148 Å². The highest BCUT2D eigenvalue weighted by molar-refractivity contribution is 6.00. The fraction of sp³-hybridized carbons (Fsp3) is 0.556. The summed E-state index contributed by atoms with van der Waals surface area (Å²) in [5.41, 5.74) is 6.28. The fourth-order valence-electron chi connectivity index (χ4n) is 2.78. The van der Waals surface area contributed by atoms with E-state index < -0.39 is 11.7 Å². The number of benzene rings is 1. The number of ether oxygens (including phenoxy) is 2. The highest BCUT2D eigenvalue weighted by Gasteiger charge is 2.27. The van der Waals surface area contributed by atoms with Crippen LogP contribution >= 0.6 is 0 Å². The minimum atomic E-state index is -0.523. The van der Waals surface area contributed by atoms with Crippen molar-refractivity contribution in [3.05, 3.63) is 23.8 Å². The molecule has 0 aliphatic carbocycles. The molecule has 1 aliphatic rings. The SMILES string of the molecule is COc1cccc(C(=O)N2CCC(NC(=O)OC(C)(C)C)CC2)c1N. The first-order valence-corrected chi connectivity index (χ1v) is 8.42. The molecule has 2 amide bonds. The van der Waals surface area contributed by atoms with Crippen molar-refractivity contribution in [3.8, 4) is 5.75 Å². The number of nitrogens with one attached hydrogen (secondary N) is 1. The van der Waals surface area contributed by atoms with Gasteiger partial charge in [0.05, 0.1) is 18.4 Å². The van der Waals surface area contributed by atoms with Crippen LogP contribution in [0.4, 0.5) is 10.5 Å². The monoisotopic (exact) mass is 349 g/mol. The number of amides is 2. The van der Waals surface area contributed by atoms with Gasteiger partial charge in [0, 0.05) is 19.1 Å². The number of carbonyl (C=O) groups is 2. The molecule has 1 fully saturated rings. The normalized spacial score (nSPS) is 15.6. The number of nitrogens with two attached hydrogens (primary N) is 1. The van der Waals surface area contributed by atoms with E-state index in [0.29, 0.717) is 42.9 Å². The number of piperidine rings is 1. The van der Waals surface area contributed by atoms with Gasteiger partial charge >= 0.3 is 6.09 Å². The predicted octanol–water partition coefficient (Wildman–Crippen LogP) is 2.41. The van der Waals surface area contributed by atoms with Gasteiger partial charge in [-0.1, -0.05) is 6.07 Å². The molecule has 0 atom stereocenters. The smallest absolute Gasteiger partial charge is 0.407 e. The Bertz CT molecular complexity index is 632. The largest absolute Gasteiger partial charge is 0.495 e. The summed E-state index contributed by atoms with van der Waals surface area (Å²) >= 11 is 0. The van der Waals surface area contributed by atoms with E-state index in [1.54, 1.807) is 23.1 Å². The van der Waals surface area contributed by atoms with E-state index in [2.05, 4.69) is 5.32 Å². The lowest BCUT2D eigenvalue weighted by Gasteiger charge is -2.33. The van der Waals surface area contributed by atoms with Crippen LogP contribution in [-0.2, 0) is 4.74 Å².